The Bertz CT molecular complexity index is 253. The van der Waals surface area contributed by atoms with Crippen molar-refractivity contribution in [2.45, 2.75) is 51.6 Å². The van der Waals surface area contributed by atoms with Crippen molar-refractivity contribution >= 4 is 0 Å². The Morgan fingerprint density at radius 2 is 2.18 bits per heavy atom. The molecule has 0 radical (unpaired) electrons. The SMILES string of the molecule is CC[C@@]1(C)C[C@]2(CCCN(CCO)C2)CCO1. The average molecular weight is 241 g/mol. The number of hydrogen-bond donors (Lipinski definition) is 1. The number of ether oxygens (including phenoxy) is 1. The van der Waals surface area contributed by atoms with Crippen LogP contribution < -0.4 is 0 Å². The average Bonchev–Trinajstić information content (AvgIpc) is 2.29. The predicted octanol–water partition coefficient (Wildman–Crippen LogP) is 2.04. The van der Waals surface area contributed by atoms with Crippen molar-refractivity contribution in [3.8, 4) is 0 Å². The molecule has 0 saturated carbocycles. The van der Waals surface area contributed by atoms with Gasteiger partial charge in [-0.15, -0.1) is 0 Å². The van der Waals surface area contributed by atoms with E-state index in [1.165, 1.54) is 25.7 Å². The molecule has 0 unspecified atom stereocenters. The summed E-state index contributed by atoms with van der Waals surface area (Å²) in [5, 5.41) is 9.09. The van der Waals surface area contributed by atoms with E-state index >= 15 is 0 Å². The van der Waals surface area contributed by atoms with Crippen molar-refractivity contribution in [1.82, 2.24) is 4.90 Å². The second kappa shape index (κ2) is 5.25. The lowest BCUT2D eigenvalue weighted by molar-refractivity contribution is -0.134. The van der Waals surface area contributed by atoms with E-state index in [1.807, 2.05) is 0 Å². The Balaban J connectivity index is 2.02. The molecule has 3 nitrogen and oxygen atoms in total. The summed E-state index contributed by atoms with van der Waals surface area (Å²) in [5.41, 5.74) is 0.539. The van der Waals surface area contributed by atoms with Gasteiger partial charge < -0.3 is 14.7 Å². The molecule has 1 spiro atoms. The van der Waals surface area contributed by atoms with E-state index in [9.17, 15) is 0 Å². The molecule has 2 saturated heterocycles. The standard InChI is InChI=1S/C14H27NO2/c1-3-13(2)11-14(6-10-17-13)5-4-7-15(12-14)8-9-16/h16H,3-12H2,1-2H3/t13-,14-/m0/s1. The maximum atomic E-state index is 9.09. The van der Waals surface area contributed by atoms with Gasteiger partial charge in [0, 0.05) is 19.7 Å². The van der Waals surface area contributed by atoms with Gasteiger partial charge in [0.1, 0.15) is 0 Å². The monoisotopic (exact) mass is 241 g/mol. The summed E-state index contributed by atoms with van der Waals surface area (Å²) >= 11 is 0. The lowest BCUT2D eigenvalue weighted by Gasteiger charge is -2.50. The molecule has 2 fully saturated rings. The summed E-state index contributed by atoms with van der Waals surface area (Å²) in [7, 11) is 0. The van der Waals surface area contributed by atoms with E-state index in [0.29, 0.717) is 5.41 Å². The second-order valence-corrected chi connectivity index (χ2v) is 6.18. The highest BCUT2D eigenvalue weighted by atomic mass is 16.5. The summed E-state index contributed by atoms with van der Waals surface area (Å²) in [4.78, 5) is 2.44. The fraction of sp³-hybridized carbons (Fsp3) is 1.00. The van der Waals surface area contributed by atoms with Gasteiger partial charge in [-0.3, -0.25) is 0 Å². The summed E-state index contributed by atoms with van der Waals surface area (Å²) in [6.45, 7) is 8.85. The van der Waals surface area contributed by atoms with Gasteiger partial charge in [0.05, 0.1) is 12.2 Å². The van der Waals surface area contributed by atoms with Crippen LogP contribution in [-0.4, -0.2) is 48.5 Å². The van der Waals surface area contributed by atoms with E-state index in [4.69, 9.17) is 9.84 Å². The zero-order valence-electron chi connectivity index (χ0n) is 11.4. The zero-order valence-corrected chi connectivity index (χ0v) is 11.4. The highest BCUT2D eigenvalue weighted by Gasteiger charge is 2.44. The molecule has 0 bridgehead atoms. The molecule has 2 atom stereocenters. The number of β-amino-alcohol motifs (C(OH)–C–C–N with tert-alkyl or cyclic N) is 1. The van der Waals surface area contributed by atoms with Gasteiger partial charge in [-0.25, -0.2) is 0 Å². The van der Waals surface area contributed by atoms with Crippen LogP contribution in [0.2, 0.25) is 0 Å². The van der Waals surface area contributed by atoms with Gasteiger partial charge >= 0.3 is 0 Å². The molecule has 0 aromatic rings. The molecule has 17 heavy (non-hydrogen) atoms. The van der Waals surface area contributed by atoms with Crippen molar-refractivity contribution in [2.75, 3.05) is 32.8 Å². The largest absolute Gasteiger partial charge is 0.395 e. The van der Waals surface area contributed by atoms with Crippen LogP contribution in [0.25, 0.3) is 0 Å². The summed E-state index contributed by atoms with van der Waals surface area (Å²) in [6, 6.07) is 0. The minimum absolute atomic E-state index is 0.0838. The van der Waals surface area contributed by atoms with Gasteiger partial charge in [0.25, 0.3) is 0 Å². The number of likely N-dealkylation sites (tertiary alicyclic amines) is 1. The van der Waals surface area contributed by atoms with Gasteiger partial charge in [0.2, 0.25) is 0 Å². The van der Waals surface area contributed by atoms with E-state index < -0.39 is 0 Å². The lowest BCUT2D eigenvalue weighted by atomic mass is 9.68. The van der Waals surface area contributed by atoms with Gasteiger partial charge in [-0.05, 0) is 51.0 Å². The number of rotatable bonds is 3. The first-order valence-corrected chi connectivity index (χ1v) is 7.09. The second-order valence-electron chi connectivity index (χ2n) is 6.18. The van der Waals surface area contributed by atoms with E-state index in [-0.39, 0.29) is 12.2 Å². The lowest BCUT2D eigenvalue weighted by Crippen LogP contribution is -2.51. The fourth-order valence-electron chi connectivity index (χ4n) is 3.66. The molecule has 2 heterocycles. The first-order valence-electron chi connectivity index (χ1n) is 7.09. The minimum atomic E-state index is 0.0838. The number of hydrogen-bond acceptors (Lipinski definition) is 3. The van der Waals surface area contributed by atoms with E-state index in [0.717, 1.165) is 32.7 Å². The van der Waals surface area contributed by atoms with E-state index in [2.05, 4.69) is 18.7 Å². The fourth-order valence-corrected chi connectivity index (χ4v) is 3.66. The third-order valence-electron chi connectivity index (χ3n) is 4.74. The maximum Gasteiger partial charge on any atom is 0.0657 e. The third kappa shape index (κ3) is 3.01. The Hall–Kier alpha value is -0.120. The molecule has 0 amide bonds. The number of nitrogens with zero attached hydrogens (tertiary/aromatic N) is 1. The van der Waals surface area contributed by atoms with Crippen molar-refractivity contribution in [1.29, 1.82) is 0 Å². The Morgan fingerprint density at radius 3 is 2.88 bits per heavy atom. The third-order valence-corrected chi connectivity index (χ3v) is 4.74. The van der Waals surface area contributed by atoms with Crippen LogP contribution in [0.5, 0.6) is 0 Å². The van der Waals surface area contributed by atoms with Gasteiger partial charge in [-0.2, -0.15) is 0 Å². The van der Waals surface area contributed by atoms with Gasteiger partial charge in [-0.1, -0.05) is 6.92 Å². The highest BCUT2D eigenvalue weighted by molar-refractivity contribution is 4.95. The summed E-state index contributed by atoms with van der Waals surface area (Å²) in [6.07, 6.45) is 6.12. The number of piperidine rings is 1. The molecule has 1 N–H and O–H groups in total. The Labute approximate surface area is 105 Å². The molecule has 0 aliphatic carbocycles. The number of aliphatic hydroxyl groups is 1. The number of aliphatic hydroxyl groups excluding tert-OH is 1. The molecule has 2 rings (SSSR count). The van der Waals surface area contributed by atoms with Crippen LogP contribution in [0.15, 0.2) is 0 Å². The van der Waals surface area contributed by atoms with E-state index in [1.54, 1.807) is 0 Å². The minimum Gasteiger partial charge on any atom is -0.395 e. The highest BCUT2D eigenvalue weighted by Crippen LogP contribution is 2.45. The van der Waals surface area contributed by atoms with Crippen molar-refractivity contribution < 1.29 is 9.84 Å². The van der Waals surface area contributed by atoms with Crippen LogP contribution in [0, 0.1) is 5.41 Å². The first-order chi connectivity index (χ1) is 8.11. The van der Waals surface area contributed by atoms with Crippen LogP contribution >= 0.6 is 0 Å². The molecular formula is C14H27NO2. The molecule has 2 aliphatic rings. The summed E-state index contributed by atoms with van der Waals surface area (Å²) < 4.78 is 5.97. The molecule has 0 aromatic heterocycles. The smallest absolute Gasteiger partial charge is 0.0657 e. The molecule has 100 valence electrons. The molecule has 0 aromatic carbocycles. The normalized spacial score (nSPS) is 39.7. The molecule has 3 heteroatoms. The van der Waals surface area contributed by atoms with Crippen molar-refractivity contribution in [3.05, 3.63) is 0 Å². The summed E-state index contributed by atoms with van der Waals surface area (Å²) in [5.74, 6) is 0. The van der Waals surface area contributed by atoms with Crippen LogP contribution in [0.3, 0.4) is 0 Å². The zero-order chi connectivity index (χ0) is 12.4. The Kier molecular flexibility index (Phi) is 4.11. The van der Waals surface area contributed by atoms with Gasteiger partial charge in [0.15, 0.2) is 0 Å². The maximum absolute atomic E-state index is 9.09. The van der Waals surface area contributed by atoms with Crippen LogP contribution in [0.1, 0.15) is 46.0 Å². The topological polar surface area (TPSA) is 32.7 Å². The van der Waals surface area contributed by atoms with Crippen molar-refractivity contribution in [3.63, 3.8) is 0 Å². The predicted molar refractivity (Wildman–Crippen MR) is 69.1 cm³/mol. The molecule has 2 aliphatic heterocycles. The first kappa shape index (κ1) is 13.3. The quantitative estimate of drug-likeness (QED) is 0.821. The Morgan fingerprint density at radius 1 is 1.35 bits per heavy atom. The van der Waals surface area contributed by atoms with Crippen LogP contribution in [0.4, 0.5) is 0 Å². The van der Waals surface area contributed by atoms with Crippen molar-refractivity contribution in [2.24, 2.45) is 5.41 Å². The molecular weight excluding hydrogens is 214 g/mol. The van der Waals surface area contributed by atoms with Crippen LogP contribution in [-0.2, 0) is 4.74 Å².